The monoisotopic (exact) mass is 538 g/mol. The maximum atomic E-state index is 3.87. The van der Waals surface area contributed by atoms with Crippen LogP contribution in [0.2, 0.25) is 0 Å². The molecule has 2 nitrogen and oxygen atoms in total. The summed E-state index contributed by atoms with van der Waals surface area (Å²) in [6.45, 7) is 0. The van der Waals surface area contributed by atoms with E-state index in [1.165, 1.54) is 53.4 Å². The Hall–Kier alpha value is -3.16. The number of rotatable bonds is 2. The van der Waals surface area contributed by atoms with Crippen LogP contribution in [-0.4, -0.2) is 0 Å². The Labute approximate surface area is 226 Å². The smallest absolute Gasteiger partial charge is 0.0569 e. The Morgan fingerprint density at radius 3 is 1.00 bits per heavy atom. The minimum Gasteiger partial charge on any atom is -0.354 e. The van der Waals surface area contributed by atoms with Crippen molar-refractivity contribution in [2.24, 2.45) is 0 Å². The van der Waals surface area contributed by atoms with E-state index in [1.807, 2.05) is 45.3 Å². The molecule has 0 fully saturated rings. The molecule has 0 unspecified atom stereocenters. The Bertz CT molecular complexity index is 1400. The zero-order valence-corrected chi connectivity index (χ0v) is 22.4. The number of hydrogen-bond donors (Lipinski definition) is 2. The molecule has 5 heterocycles. The fraction of sp³-hybridized carbons (Fsp3) is 0.0667. The summed E-state index contributed by atoms with van der Waals surface area (Å²) in [5, 5.41) is 16.6. The van der Waals surface area contributed by atoms with Crippen LogP contribution in [0, 0.1) is 0 Å². The molecule has 1 aliphatic rings. The number of thiophene rings is 4. The molecule has 4 aromatic heterocycles. The van der Waals surface area contributed by atoms with Gasteiger partial charge < -0.3 is 10.6 Å². The van der Waals surface area contributed by atoms with Crippen LogP contribution in [0.3, 0.4) is 0 Å². The quantitative estimate of drug-likeness (QED) is 0.229. The number of benzene rings is 2. The highest BCUT2D eigenvalue weighted by molar-refractivity contribution is 7.13. The lowest BCUT2D eigenvalue weighted by atomic mass is 9.92. The summed E-state index contributed by atoms with van der Waals surface area (Å²) in [4.78, 5) is 5.36. The highest BCUT2D eigenvalue weighted by Gasteiger charge is 2.30. The first-order valence-corrected chi connectivity index (χ1v) is 15.3. The van der Waals surface area contributed by atoms with Gasteiger partial charge in [0.2, 0.25) is 0 Å². The third kappa shape index (κ3) is 3.82. The average molecular weight is 539 g/mol. The molecule has 0 saturated heterocycles. The van der Waals surface area contributed by atoms with Gasteiger partial charge in [-0.2, -0.15) is 0 Å². The summed E-state index contributed by atoms with van der Waals surface area (Å²) in [5.74, 6) is 0.314. The molecular formula is C30H22N2S4. The van der Waals surface area contributed by atoms with Gasteiger partial charge in [-0.05, 0) is 56.9 Å². The highest BCUT2D eigenvalue weighted by atomic mass is 32.1. The van der Waals surface area contributed by atoms with Crippen molar-refractivity contribution >= 4 is 68.1 Å². The summed E-state index contributed by atoms with van der Waals surface area (Å²) >= 11 is 7.32. The van der Waals surface area contributed by atoms with E-state index in [-0.39, 0.29) is 11.8 Å². The Kier molecular flexibility index (Phi) is 5.75. The second-order valence-corrected chi connectivity index (χ2v) is 12.5. The molecule has 36 heavy (non-hydrogen) atoms. The van der Waals surface area contributed by atoms with Crippen molar-refractivity contribution in [1.29, 1.82) is 0 Å². The molecule has 0 saturated carbocycles. The van der Waals surface area contributed by atoms with Gasteiger partial charge in [-0.3, -0.25) is 0 Å². The fourth-order valence-corrected chi connectivity index (χ4v) is 9.11. The van der Waals surface area contributed by atoms with Crippen molar-refractivity contribution in [1.82, 2.24) is 0 Å². The van der Waals surface area contributed by atoms with Crippen LogP contribution in [0.1, 0.15) is 42.5 Å². The van der Waals surface area contributed by atoms with Gasteiger partial charge in [-0.25, -0.2) is 0 Å². The van der Waals surface area contributed by atoms with E-state index in [2.05, 4.69) is 117 Å². The molecule has 2 aromatic carbocycles. The molecule has 0 bridgehead atoms. The number of anilines is 4. The third-order valence-corrected chi connectivity index (χ3v) is 10.6. The molecule has 0 aliphatic carbocycles. The van der Waals surface area contributed by atoms with E-state index in [0.717, 1.165) is 0 Å². The van der Waals surface area contributed by atoms with Crippen LogP contribution in [-0.2, 0) is 0 Å². The second kappa shape index (κ2) is 9.37. The van der Waals surface area contributed by atoms with Crippen molar-refractivity contribution in [3.8, 4) is 0 Å². The minimum absolute atomic E-state index is 0.157. The fourth-order valence-electron chi connectivity index (χ4n) is 5.02. The van der Waals surface area contributed by atoms with Gasteiger partial charge in [0.1, 0.15) is 0 Å². The lowest BCUT2D eigenvalue weighted by molar-refractivity contribution is 1.02. The van der Waals surface area contributed by atoms with Crippen LogP contribution in [0.5, 0.6) is 0 Å². The summed E-state index contributed by atoms with van der Waals surface area (Å²) in [6.07, 6.45) is 0. The van der Waals surface area contributed by atoms with E-state index in [0.29, 0.717) is 0 Å². The van der Waals surface area contributed by atoms with Gasteiger partial charge in [-0.1, -0.05) is 60.7 Å². The third-order valence-electron chi connectivity index (χ3n) is 6.63. The van der Waals surface area contributed by atoms with E-state index in [9.17, 15) is 0 Å². The average Bonchev–Trinajstić information content (AvgIpc) is 3.73. The lowest BCUT2D eigenvalue weighted by Gasteiger charge is -2.24. The predicted molar refractivity (Wildman–Crippen MR) is 159 cm³/mol. The lowest BCUT2D eigenvalue weighted by Crippen LogP contribution is -2.09. The van der Waals surface area contributed by atoms with E-state index in [1.54, 1.807) is 0 Å². The van der Waals surface area contributed by atoms with Crippen molar-refractivity contribution in [3.63, 3.8) is 0 Å². The number of fused-ring (bicyclic) bond motifs is 4. The molecule has 0 amide bonds. The van der Waals surface area contributed by atoms with E-state index < -0.39 is 0 Å². The maximum absolute atomic E-state index is 3.87. The van der Waals surface area contributed by atoms with Crippen LogP contribution in [0.25, 0.3) is 0 Å². The molecular weight excluding hydrogens is 517 g/mol. The normalized spacial score (nSPS) is 16.8. The number of hydrogen-bond acceptors (Lipinski definition) is 6. The van der Waals surface area contributed by atoms with Gasteiger partial charge in [0, 0.05) is 19.5 Å². The summed E-state index contributed by atoms with van der Waals surface area (Å²) in [6, 6.07) is 30.7. The molecule has 176 valence electrons. The predicted octanol–water partition coefficient (Wildman–Crippen LogP) is 10.1. The van der Waals surface area contributed by atoms with Crippen LogP contribution < -0.4 is 10.6 Å². The summed E-state index contributed by atoms with van der Waals surface area (Å²) in [7, 11) is 0. The first kappa shape index (κ1) is 22.1. The van der Waals surface area contributed by atoms with Gasteiger partial charge in [0.05, 0.1) is 34.6 Å². The summed E-state index contributed by atoms with van der Waals surface area (Å²) in [5.41, 5.74) is 7.36. The van der Waals surface area contributed by atoms with E-state index in [4.69, 9.17) is 0 Å². The standard InChI is InChI=1S/C30H22N2S4/c1-3-7-19(8-4-1)25-27-21(11-15-33-27)31-23-13-17-35-29(23)26(20-9-5-2-6-10-20)30-24(14-18-36-30)32-22-12-16-34-28(22)25/h1-18,25-26,31-32H. The second-order valence-electron chi connectivity index (χ2n) is 8.73. The molecule has 0 radical (unpaired) electrons. The molecule has 6 heteroatoms. The Balaban J connectivity index is 1.48. The molecule has 0 spiro atoms. The highest BCUT2D eigenvalue weighted by Crippen LogP contribution is 2.50. The zero-order valence-electron chi connectivity index (χ0n) is 19.2. The van der Waals surface area contributed by atoms with Crippen molar-refractivity contribution < 1.29 is 0 Å². The molecule has 0 atom stereocenters. The van der Waals surface area contributed by atoms with E-state index >= 15 is 0 Å². The SMILES string of the molecule is c1ccc(C2c3sccc3Nc3ccsc3C(c3ccccc3)c3sccc3Nc3ccsc32)cc1. The molecule has 1 aliphatic heterocycles. The first-order chi connectivity index (χ1) is 17.9. The molecule has 2 N–H and O–H groups in total. The maximum Gasteiger partial charge on any atom is 0.0569 e. The van der Waals surface area contributed by atoms with Gasteiger partial charge in [0.25, 0.3) is 0 Å². The minimum atomic E-state index is 0.157. The van der Waals surface area contributed by atoms with Crippen molar-refractivity contribution in [3.05, 3.63) is 137 Å². The summed E-state index contributed by atoms with van der Waals surface area (Å²) < 4.78 is 0. The van der Waals surface area contributed by atoms with Crippen LogP contribution in [0.15, 0.2) is 106 Å². The molecule has 6 aromatic rings. The van der Waals surface area contributed by atoms with Gasteiger partial charge in [0.15, 0.2) is 0 Å². The van der Waals surface area contributed by atoms with Crippen molar-refractivity contribution in [2.75, 3.05) is 10.6 Å². The molecule has 7 rings (SSSR count). The Morgan fingerprint density at radius 1 is 0.389 bits per heavy atom. The van der Waals surface area contributed by atoms with Crippen LogP contribution >= 0.6 is 45.3 Å². The van der Waals surface area contributed by atoms with Crippen LogP contribution in [0.4, 0.5) is 22.7 Å². The topological polar surface area (TPSA) is 24.1 Å². The first-order valence-electron chi connectivity index (χ1n) is 11.8. The zero-order chi connectivity index (χ0) is 23.9. The van der Waals surface area contributed by atoms with Gasteiger partial charge >= 0.3 is 0 Å². The van der Waals surface area contributed by atoms with Crippen molar-refractivity contribution in [2.45, 2.75) is 11.8 Å². The largest absolute Gasteiger partial charge is 0.354 e. The Morgan fingerprint density at radius 2 is 0.694 bits per heavy atom. The number of nitrogens with one attached hydrogen (secondary N) is 2. The van der Waals surface area contributed by atoms with Gasteiger partial charge in [-0.15, -0.1) is 45.3 Å².